The second-order valence-electron chi connectivity index (χ2n) is 5.96. The van der Waals surface area contributed by atoms with E-state index in [1.807, 2.05) is 37.3 Å². The third-order valence-electron chi connectivity index (χ3n) is 3.67. The predicted octanol–water partition coefficient (Wildman–Crippen LogP) is 2.58. The lowest BCUT2D eigenvalue weighted by Crippen LogP contribution is -2.43. The van der Waals surface area contributed by atoms with Gasteiger partial charge in [0.05, 0.1) is 5.75 Å². The van der Waals surface area contributed by atoms with Crippen molar-refractivity contribution in [3.8, 4) is 0 Å². The second-order valence-corrected chi connectivity index (χ2v) is 8.22. The maximum Gasteiger partial charge on any atom is 0.191 e. The molecule has 1 unspecified atom stereocenters. The molecule has 1 atom stereocenters. The van der Waals surface area contributed by atoms with Crippen molar-refractivity contribution in [2.24, 2.45) is 4.99 Å². The number of nitrogens with one attached hydrogen (secondary N) is 2. The van der Waals surface area contributed by atoms with Gasteiger partial charge < -0.3 is 15.1 Å². The van der Waals surface area contributed by atoms with Crippen LogP contribution >= 0.6 is 24.0 Å². The molecule has 1 heterocycles. The van der Waals surface area contributed by atoms with Gasteiger partial charge in [0.1, 0.15) is 21.2 Å². The Morgan fingerprint density at radius 3 is 2.68 bits per heavy atom. The second kappa shape index (κ2) is 10.0. The van der Waals surface area contributed by atoms with Crippen molar-refractivity contribution < 1.29 is 12.8 Å². The largest absolute Gasteiger partial charge is 0.461 e. The van der Waals surface area contributed by atoms with Gasteiger partial charge in [-0.15, -0.1) is 24.0 Å². The van der Waals surface area contributed by atoms with Crippen molar-refractivity contribution >= 4 is 50.7 Å². The molecule has 0 spiro atoms. The van der Waals surface area contributed by atoms with Gasteiger partial charge in [-0.05, 0) is 25.5 Å². The van der Waals surface area contributed by atoms with E-state index in [4.69, 9.17) is 4.42 Å². The van der Waals surface area contributed by atoms with Crippen LogP contribution in [0.25, 0.3) is 11.0 Å². The summed E-state index contributed by atoms with van der Waals surface area (Å²) in [6, 6.07) is 10.00. The Bertz CT molecular complexity index is 769. The van der Waals surface area contributed by atoms with Crippen molar-refractivity contribution in [2.75, 3.05) is 25.6 Å². The quantitative estimate of drug-likeness (QED) is 0.363. The molecule has 140 valence electrons. The highest BCUT2D eigenvalue weighted by Gasteiger charge is 2.09. The highest BCUT2D eigenvalue weighted by Crippen LogP contribution is 2.18. The van der Waals surface area contributed by atoms with Gasteiger partial charge in [0.2, 0.25) is 0 Å². The maximum absolute atomic E-state index is 11.2. The Morgan fingerprint density at radius 1 is 1.32 bits per heavy atom. The Morgan fingerprint density at radius 2 is 2.04 bits per heavy atom. The number of aliphatic imine (C=N–C) groups is 1. The van der Waals surface area contributed by atoms with Crippen LogP contribution < -0.4 is 10.6 Å². The summed E-state index contributed by atoms with van der Waals surface area (Å²) in [5.41, 5.74) is 0.893. The van der Waals surface area contributed by atoms with E-state index in [1.165, 1.54) is 6.26 Å². The number of hydrogen-bond donors (Lipinski definition) is 2. The normalized spacial score (nSPS) is 13.3. The fourth-order valence-corrected chi connectivity index (χ4v) is 3.14. The first kappa shape index (κ1) is 21.8. The van der Waals surface area contributed by atoms with Gasteiger partial charge >= 0.3 is 0 Å². The molecule has 8 heteroatoms. The monoisotopic (exact) mass is 479 g/mol. The Labute approximate surface area is 166 Å². The van der Waals surface area contributed by atoms with Gasteiger partial charge in [-0.3, -0.25) is 4.99 Å². The molecule has 0 aliphatic heterocycles. The SMILES string of the molecule is CN=C(NCCc1cc2ccccc2o1)NC(C)CCS(C)(=O)=O.I. The molecule has 2 aromatic rings. The minimum atomic E-state index is -2.94. The summed E-state index contributed by atoms with van der Waals surface area (Å²) in [5.74, 6) is 1.74. The first-order valence-corrected chi connectivity index (χ1v) is 10.1. The molecule has 0 amide bonds. The van der Waals surface area contributed by atoms with Gasteiger partial charge in [-0.2, -0.15) is 0 Å². The molecule has 1 aromatic heterocycles. The lowest BCUT2D eigenvalue weighted by Gasteiger charge is -2.17. The number of rotatable bonds is 7. The standard InChI is InChI=1S/C17H25N3O3S.HI/c1-13(9-11-24(3,21)22)20-17(18-2)19-10-8-15-12-14-6-4-5-7-16(14)23-15;/h4-7,12-13H,8-11H2,1-3H3,(H2,18,19,20);1H. The zero-order valence-corrected chi connectivity index (χ0v) is 17.9. The van der Waals surface area contributed by atoms with E-state index in [-0.39, 0.29) is 35.8 Å². The van der Waals surface area contributed by atoms with E-state index >= 15 is 0 Å². The lowest BCUT2D eigenvalue weighted by molar-refractivity contribution is 0.542. The molecule has 1 aromatic carbocycles. The van der Waals surface area contributed by atoms with Gasteiger partial charge in [0.15, 0.2) is 5.96 Å². The molecule has 0 saturated heterocycles. The van der Waals surface area contributed by atoms with Crippen LogP contribution in [0.2, 0.25) is 0 Å². The zero-order valence-electron chi connectivity index (χ0n) is 14.8. The fraction of sp³-hybridized carbons (Fsp3) is 0.471. The molecule has 0 radical (unpaired) electrons. The highest BCUT2D eigenvalue weighted by molar-refractivity contribution is 14.0. The molecule has 0 fully saturated rings. The third kappa shape index (κ3) is 7.64. The van der Waals surface area contributed by atoms with Crippen LogP contribution in [-0.4, -0.2) is 46.0 Å². The van der Waals surface area contributed by atoms with Crippen molar-refractivity contribution in [1.29, 1.82) is 0 Å². The molecule has 0 aliphatic carbocycles. The number of benzene rings is 1. The molecular weight excluding hydrogens is 453 g/mol. The number of hydrogen-bond acceptors (Lipinski definition) is 4. The number of guanidine groups is 1. The minimum absolute atomic E-state index is 0. The molecule has 2 rings (SSSR count). The predicted molar refractivity (Wildman–Crippen MR) is 114 cm³/mol. The van der Waals surface area contributed by atoms with E-state index in [0.717, 1.165) is 23.2 Å². The Balaban J connectivity index is 0.00000312. The van der Waals surface area contributed by atoms with Crippen molar-refractivity contribution in [3.63, 3.8) is 0 Å². The number of para-hydroxylation sites is 1. The summed E-state index contributed by atoms with van der Waals surface area (Å²) in [6.45, 7) is 2.62. The van der Waals surface area contributed by atoms with Crippen molar-refractivity contribution in [3.05, 3.63) is 36.1 Å². The fourth-order valence-electron chi connectivity index (χ4n) is 2.36. The third-order valence-corrected chi connectivity index (χ3v) is 4.65. The first-order valence-electron chi connectivity index (χ1n) is 8.00. The van der Waals surface area contributed by atoms with Crippen LogP contribution in [0.5, 0.6) is 0 Å². The smallest absolute Gasteiger partial charge is 0.191 e. The van der Waals surface area contributed by atoms with Gasteiger partial charge in [0, 0.05) is 37.7 Å². The summed E-state index contributed by atoms with van der Waals surface area (Å²) in [6.07, 6.45) is 2.54. The topological polar surface area (TPSA) is 83.7 Å². The Kier molecular flexibility index (Phi) is 8.70. The molecule has 0 bridgehead atoms. The molecule has 6 nitrogen and oxygen atoms in total. The molecule has 2 N–H and O–H groups in total. The Hall–Kier alpha value is -1.29. The number of sulfone groups is 1. The van der Waals surface area contributed by atoms with Gasteiger partial charge in [0.25, 0.3) is 0 Å². The van der Waals surface area contributed by atoms with E-state index in [2.05, 4.69) is 15.6 Å². The maximum atomic E-state index is 11.2. The number of nitrogens with zero attached hydrogens (tertiary/aromatic N) is 1. The van der Waals surface area contributed by atoms with Crippen LogP contribution in [0, 0.1) is 0 Å². The van der Waals surface area contributed by atoms with E-state index in [1.54, 1.807) is 7.05 Å². The summed E-state index contributed by atoms with van der Waals surface area (Å²) in [7, 11) is -1.25. The molecule has 0 aliphatic rings. The number of furan rings is 1. The number of halogens is 1. The number of fused-ring (bicyclic) bond motifs is 1. The lowest BCUT2D eigenvalue weighted by atomic mass is 10.2. The zero-order chi connectivity index (χ0) is 17.6. The molecule has 0 saturated carbocycles. The summed E-state index contributed by atoms with van der Waals surface area (Å²) < 4.78 is 28.2. The van der Waals surface area contributed by atoms with Crippen LogP contribution in [-0.2, 0) is 16.3 Å². The molecular formula is C17H26IN3O3S. The van der Waals surface area contributed by atoms with Crippen LogP contribution in [0.3, 0.4) is 0 Å². The average Bonchev–Trinajstić information content (AvgIpc) is 2.94. The van der Waals surface area contributed by atoms with Crippen molar-refractivity contribution in [1.82, 2.24) is 10.6 Å². The van der Waals surface area contributed by atoms with Crippen LogP contribution in [0.4, 0.5) is 0 Å². The van der Waals surface area contributed by atoms with Gasteiger partial charge in [-0.25, -0.2) is 8.42 Å². The van der Waals surface area contributed by atoms with E-state index < -0.39 is 9.84 Å². The van der Waals surface area contributed by atoms with E-state index in [9.17, 15) is 8.42 Å². The van der Waals surface area contributed by atoms with Crippen LogP contribution in [0.1, 0.15) is 19.1 Å². The van der Waals surface area contributed by atoms with Crippen molar-refractivity contribution in [2.45, 2.75) is 25.8 Å². The summed E-state index contributed by atoms with van der Waals surface area (Å²) >= 11 is 0. The van der Waals surface area contributed by atoms with Crippen LogP contribution in [0.15, 0.2) is 39.7 Å². The first-order chi connectivity index (χ1) is 11.4. The summed E-state index contributed by atoms with van der Waals surface area (Å²) in [5, 5.41) is 7.52. The van der Waals surface area contributed by atoms with E-state index in [0.29, 0.717) is 18.9 Å². The highest BCUT2D eigenvalue weighted by atomic mass is 127. The average molecular weight is 479 g/mol. The summed E-state index contributed by atoms with van der Waals surface area (Å²) in [4.78, 5) is 4.16. The molecule has 25 heavy (non-hydrogen) atoms. The van der Waals surface area contributed by atoms with Gasteiger partial charge in [-0.1, -0.05) is 18.2 Å². The minimum Gasteiger partial charge on any atom is -0.461 e.